The van der Waals surface area contributed by atoms with Crippen LogP contribution in [0.5, 0.6) is 0 Å². The van der Waals surface area contributed by atoms with Gasteiger partial charge in [0.15, 0.2) is 6.10 Å². The first-order valence-corrected chi connectivity index (χ1v) is 33.2. The molecule has 0 aromatic heterocycles. The SMILES string of the molecule is CCCCCCCCCC/C=C\CCCCCCCCCC(=O)OC[C@@H](COC(=O)CCCCCCCCCCCCCCCCCCCC)OC(=O)CCCCCCCCCCCCCCCCCCCC. The van der Waals surface area contributed by atoms with Crippen LogP contribution in [-0.4, -0.2) is 37.2 Å². The van der Waals surface area contributed by atoms with E-state index in [1.807, 2.05) is 0 Å². The van der Waals surface area contributed by atoms with Crippen molar-refractivity contribution < 1.29 is 28.6 Å². The molecule has 73 heavy (non-hydrogen) atoms. The Labute approximate surface area is 456 Å². The molecule has 0 aliphatic rings. The highest BCUT2D eigenvalue weighted by atomic mass is 16.6. The van der Waals surface area contributed by atoms with Gasteiger partial charge < -0.3 is 14.2 Å². The highest BCUT2D eigenvalue weighted by Crippen LogP contribution is 2.18. The molecule has 0 spiro atoms. The monoisotopic (exact) mass is 1030 g/mol. The summed E-state index contributed by atoms with van der Waals surface area (Å²) in [6.45, 7) is 6.72. The molecule has 0 aromatic rings. The van der Waals surface area contributed by atoms with Crippen molar-refractivity contribution in [1.29, 1.82) is 0 Å². The molecule has 0 rings (SSSR count). The van der Waals surface area contributed by atoms with Gasteiger partial charge in [0.05, 0.1) is 0 Å². The molecule has 0 fully saturated rings. The molecule has 432 valence electrons. The number of hydrogen-bond acceptors (Lipinski definition) is 6. The first-order valence-electron chi connectivity index (χ1n) is 33.2. The van der Waals surface area contributed by atoms with Crippen LogP contribution >= 0.6 is 0 Å². The summed E-state index contributed by atoms with van der Waals surface area (Å²) in [5.74, 6) is -0.835. The van der Waals surface area contributed by atoms with E-state index in [0.29, 0.717) is 19.3 Å². The Morgan fingerprint density at radius 3 is 0.685 bits per heavy atom. The van der Waals surface area contributed by atoms with Crippen LogP contribution in [0, 0.1) is 0 Å². The molecular weight excluding hydrogens is 901 g/mol. The molecule has 6 heteroatoms. The van der Waals surface area contributed by atoms with E-state index in [2.05, 4.69) is 32.9 Å². The summed E-state index contributed by atoms with van der Waals surface area (Å²) in [5.41, 5.74) is 0. The molecule has 0 unspecified atom stereocenters. The quantitative estimate of drug-likeness (QED) is 0.0261. The number of esters is 3. The summed E-state index contributed by atoms with van der Waals surface area (Å²) in [5, 5.41) is 0. The molecule has 1 atom stereocenters. The molecule has 0 N–H and O–H groups in total. The summed E-state index contributed by atoms with van der Waals surface area (Å²) in [6.07, 6.45) is 73.6. The van der Waals surface area contributed by atoms with Gasteiger partial charge in [-0.25, -0.2) is 0 Å². The maximum atomic E-state index is 12.9. The van der Waals surface area contributed by atoms with Crippen LogP contribution in [0.4, 0.5) is 0 Å². The second kappa shape index (κ2) is 62.7. The highest BCUT2D eigenvalue weighted by molar-refractivity contribution is 5.71. The number of allylic oxidation sites excluding steroid dienone is 2. The van der Waals surface area contributed by atoms with E-state index in [-0.39, 0.29) is 31.1 Å². The molecule has 0 saturated carbocycles. The number of carbonyl (C=O) groups excluding carboxylic acids is 3. The van der Waals surface area contributed by atoms with Gasteiger partial charge >= 0.3 is 17.9 Å². The number of carbonyl (C=O) groups is 3. The van der Waals surface area contributed by atoms with Gasteiger partial charge in [-0.1, -0.05) is 328 Å². The highest BCUT2D eigenvalue weighted by Gasteiger charge is 2.19. The van der Waals surface area contributed by atoms with E-state index in [4.69, 9.17) is 14.2 Å². The summed E-state index contributed by atoms with van der Waals surface area (Å²) in [4.78, 5) is 38.4. The number of rotatable bonds is 62. The molecule has 0 bridgehead atoms. The van der Waals surface area contributed by atoms with Crippen molar-refractivity contribution in [3.63, 3.8) is 0 Å². The van der Waals surface area contributed by atoms with Crippen molar-refractivity contribution >= 4 is 17.9 Å². The van der Waals surface area contributed by atoms with Gasteiger partial charge in [-0.2, -0.15) is 0 Å². The van der Waals surface area contributed by atoms with Crippen molar-refractivity contribution in [2.75, 3.05) is 13.2 Å². The molecule has 0 aliphatic heterocycles. The number of hydrogen-bond donors (Lipinski definition) is 0. The van der Waals surface area contributed by atoms with Gasteiger partial charge in [-0.3, -0.25) is 14.4 Å². The number of unbranched alkanes of at least 4 members (excludes halogenated alkanes) is 49. The largest absolute Gasteiger partial charge is 0.462 e. The predicted molar refractivity (Wildman–Crippen MR) is 317 cm³/mol. The van der Waals surface area contributed by atoms with Crippen LogP contribution in [0.3, 0.4) is 0 Å². The van der Waals surface area contributed by atoms with Crippen LogP contribution in [-0.2, 0) is 28.6 Å². The van der Waals surface area contributed by atoms with E-state index in [1.165, 1.54) is 283 Å². The van der Waals surface area contributed by atoms with Gasteiger partial charge in [-0.15, -0.1) is 0 Å². The fraction of sp³-hybridized carbons (Fsp3) is 0.925. The van der Waals surface area contributed by atoms with Gasteiger partial charge in [-0.05, 0) is 44.9 Å². The van der Waals surface area contributed by atoms with Gasteiger partial charge in [0.25, 0.3) is 0 Å². The Hall–Kier alpha value is -1.85. The zero-order chi connectivity index (χ0) is 52.9. The lowest BCUT2D eigenvalue weighted by molar-refractivity contribution is -0.167. The summed E-state index contributed by atoms with van der Waals surface area (Å²) in [7, 11) is 0. The van der Waals surface area contributed by atoms with Gasteiger partial charge in [0.2, 0.25) is 0 Å². The molecule has 0 radical (unpaired) electrons. The first kappa shape index (κ1) is 71.2. The van der Waals surface area contributed by atoms with Crippen molar-refractivity contribution in [3.05, 3.63) is 12.2 Å². The average molecular weight is 1030 g/mol. The van der Waals surface area contributed by atoms with E-state index in [0.717, 1.165) is 57.8 Å². The van der Waals surface area contributed by atoms with Crippen molar-refractivity contribution in [3.8, 4) is 0 Å². The van der Waals surface area contributed by atoms with Crippen LogP contribution in [0.1, 0.15) is 380 Å². The Bertz CT molecular complexity index is 1130. The van der Waals surface area contributed by atoms with Crippen molar-refractivity contribution in [2.24, 2.45) is 0 Å². The Morgan fingerprint density at radius 1 is 0.260 bits per heavy atom. The summed E-state index contributed by atoms with van der Waals surface area (Å²) >= 11 is 0. The topological polar surface area (TPSA) is 78.9 Å². The van der Waals surface area contributed by atoms with Crippen LogP contribution in [0.15, 0.2) is 12.2 Å². The molecule has 0 aliphatic carbocycles. The lowest BCUT2D eigenvalue weighted by atomic mass is 10.0. The van der Waals surface area contributed by atoms with Crippen LogP contribution < -0.4 is 0 Å². The Morgan fingerprint density at radius 2 is 0.452 bits per heavy atom. The third-order valence-electron chi connectivity index (χ3n) is 15.3. The minimum atomic E-state index is -0.767. The smallest absolute Gasteiger partial charge is 0.306 e. The zero-order valence-corrected chi connectivity index (χ0v) is 49.7. The number of ether oxygens (including phenoxy) is 3. The Balaban J connectivity index is 4.30. The predicted octanol–water partition coefficient (Wildman–Crippen LogP) is 22.4. The minimum absolute atomic E-state index is 0.0644. The second-order valence-electron chi connectivity index (χ2n) is 22.7. The van der Waals surface area contributed by atoms with Crippen LogP contribution in [0.25, 0.3) is 0 Å². The fourth-order valence-electron chi connectivity index (χ4n) is 10.3. The van der Waals surface area contributed by atoms with Gasteiger partial charge in [0, 0.05) is 19.3 Å². The van der Waals surface area contributed by atoms with Crippen molar-refractivity contribution in [1.82, 2.24) is 0 Å². The maximum Gasteiger partial charge on any atom is 0.306 e. The fourth-order valence-corrected chi connectivity index (χ4v) is 10.3. The first-order chi connectivity index (χ1) is 36.0. The van der Waals surface area contributed by atoms with E-state index >= 15 is 0 Å². The molecule has 0 amide bonds. The lowest BCUT2D eigenvalue weighted by Gasteiger charge is -2.18. The maximum absolute atomic E-state index is 12.9. The molecule has 0 saturated heterocycles. The standard InChI is InChI=1S/C67H128O6/c1-4-7-10-13-16-19-22-25-28-31-34-37-39-42-45-48-51-54-57-60-66(69)72-63-64(73-67(70)61-58-55-52-49-46-43-40-36-33-30-27-24-21-18-15-12-9-6-3)62-71-65(68)59-56-53-50-47-44-41-38-35-32-29-26-23-20-17-14-11-8-5-2/h31,34,64H,4-30,32-33,35-63H2,1-3H3/b34-31-/t64-/m1/s1. The summed E-state index contributed by atoms with van der Waals surface area (Å²) < 4.78 is 17.0. The van der Waals surface area contributed by atoms with Gasteiger partial charge in [0.1, 0.15) is 13.2 Å². The third-order valence-corrected chi connectivity index (χ3v) is 15.3. The normalized spacial score (nSPS) is 12.0. The second-order valence-corrected chi connectivity index (χ2v) is 22.7. The minimum Gasteiger partial charge on any atom is -0.462 e. The molecule has 6 nitrogen and oxygen atoms in total. The van der Waals surface area contributed by atoms with E-state index in [1.54, 1.807) is 0 Å². The van der Waals surface area contributed by atoms with Crippen molar-refractivity contribution in [2.45, 2.75) is 386 Å². The zero-order valence-electron chi connectivity index (χ0n) is 49.7. The Kier molecular flexibility index (Phi) is 61.1. The molecule has 0 aromatic carbocycles. The summed E-state index contributed by atoms with van der Waals surface area (Å²) in [6, 6.07) is 0. The molecule has 0 heterocycles. The van der Waals surface area contributed by atoms with E-state index in [9.17, 15) is 14.4 Å². The third kappa shape index (κ3) is 60.9. The van der Waals surface area contributed by atoms with E-state index < -0.39 is 6.10 Å². The lowest BCUT2D eigenvalue weighted by Crippen LogP contribution is -2.30. The average Bonchev–Trinajstić information content (AvgIpc) is 3.39. The van der Waals surface area contributed by atoms with Crippen LogP contribution in [0.2, 0.25) is 0 Å². The molecular formula is C67H128O6.